The number of aromatic nitrogens is 4. The van der Waals surface area contributed by atoms with Crippen LogP contribution in [0.1, 0.15) is 43.8 Å². The first-order valence-electron chi connectivity index (χ1n) is 6.97. The van der Waals surface area contributed by atoms with Crippen molar-refractivity contribution in [3.8, 4) is 11.4 Å². The zero-order chi connectivity index (χ0) is 13.4. The van der Waals surface area contributed by atoms with Crippen molar-refractivity contribution >= 4 is 5.82 Å². The number of aryl methyl sites for hydroxylation is 1. The van der Waals surface area contributed by atoms with Crippen LogP contribution in [-0.4, -0.2) is 19.1 Å². The van der Waals surface area contributed by atoms with E-state index in [1.54, 1.807) is 6.33 Å². The maximum Gasteiger partial charge on any atom is 0.133 e. The van der Waals surface area contributed by atoms with Crippen LogP contribution < -0.4 is 5.73 Å². The molecule has 0 unspecified atom stereocenters. The summed E-state index contributed by atoms with van der Waals surface area (Å²) in [4.78, 5) is 8.96. The number of nitrogens with two attached hydrogens (primary N) is 1. The molecule has 1 aliphatic carbocycles. The lowest BCUT2D eigenvalue weighted by atomic mass is 9.89. The Bertz CT molecular complexity index is 575. The van der Waals surface area contributed by atoms with Gasteiger partial charge in [0.1, 0.15) is 17.3 Å². The summed E-state index contributed by atoms with van der Waals surface area (Å²) in [5, 5.41) is 0. The van der Waals surface area contributed by atoms with E-state index < -0.39 is 0 Å². The second-order valence-electron chi connectivity index (χ2n) is 5.49. The quantitative estimate of drug-likeness (QED) is 0.901. The Morgan fingerprint density at radius 2 is 1.95 bits per heavy atom. The van der Waals surface area contributed by atoms with Gasteiger partial charge in [0.05, 0.1) is 18.2 Å². The molecule has 3 rings (SSSR count). The topological polar surface area (TPSA) is 61.7 Å². The number of nitrogen functional groups attached to an aromatic ring is 1. The smallest absolute Gasteiger partial charge is 0.133 e. The molecule has 2 aromatic heterocycles. The molecule has 1 aliphatic rings. The summed E-state index contributed by atoms with van der Waals surface area (Å²) in [5.74, 6) is 2.43. The van der Waals surface area contributed by atoms with E-state index >= 15 is 0 Å². The van der Waals surface area contributed by atoms with Gasteiger partial charge in [-0.3, -0.25) is 0 Å². The minimum atomic E-state index is 0.558. The average molecular weight is 259 g/mol. The van der Waals surface area contributed by atoms with Crippen molar-refractivity contribution in [1.29, 1.82) is 0 Å². The highest BCUT2D eigenvalue weighted by molar-refractivity contribution is 5.68. The van der Waals surface area contributed by atoms with Crippen LogP contribution in [0.15, 0.2) is 12.5 Å². The van der Waals surface area contributed by atoms with E-state index in [2.05, 4.69) is 9.55 Å². The Morgan fingerprint density at radius 1 is 1.21 bits per heavy atom. The second kappa shape index (κ2) is 4.72. The predicted octanol–water partition coefficient (Wildman–Crippen LogP) is 2.45. The summed E-state index contributed by atoms with van der Waals surface area (Å²) < 4.78 is 4.02. The van der Waals surface area contributed by atoms with E-state index in [0.717, 1.165) is 23.0 Å². The van der Waals surface area contributed by atoms with E-state index in [0.29, 0.717) is 5.92 Å². The Morgan fingerprint density at radius 3 is 2.58 bits per heavy atom. The van der Waals surface area contributed by atoms with Gasteiger partial charge in [-0.1, -0.05) is 19.3 Å². The van der Waals surface area contributed by atoms with Gasteiger partial charge in [0.25, 0.3) is 0 Å². The van der Waals surface area contributed by atoms with Crippen LogP contribution >= 0.6 is 0 Å². The zero-order valence-corrected chi connectivity index (χ0v) is 11.6. The molecular weight excluding hydrogens is 238 g/mol. The molecular formula is C14H21N5. The number of hydrogen-bond donors (Lipinski definition) is 1. The molecule has 2 N–H and O–H groups in total. The van der Waals surface area contributed by atoms with E-state index in [4.69, 9.17) is 10.7 Å². The second-order valence-corrected chi connectivity index (χ2v) is 5.49. The van der Waals surface area contributed by atoms with Crippen molar-refractivity contribution in [3.05, 3.63) is 18.3 Å². The highest BCUT2D eigenvalue weighted by Gasteiger charge is 2.24. The van der Waals surface area contributed by atoms with Crippen LogP contribution in [-0.2, 0) is 14.1 Å². The van der Waals surface area contributed by atoms with E-state index in [1.807, 2.05) is 24.9 Å². The minimum Gasteiger partial charge on any atom is -0.383 e. The summed E-state index contributed by atoms with van der Waals surface area (Å²) in [6.07, 6.45) is 10.0. The fourth-order valence-corrected chi connectivity index (χ4v) is 3.03. The molecule has 0 spiro atoms. The molecule has 2 heterocycles. The third-order valence-electron chi connectivity index (χ3n) is 4.20. The summed E-state index contributed by atoms with van der Waals surface area (Å²) in [6, 6.07) is 0. The normalized spacial score (nSPS) is 16.9. The fraction of sp³-hybridized carbons (Fsp3) is 0.571. The summed E-state index contributed by atoms with van der Waals surface area (Å²) in [6.45, 7) is 0. The van der Waals surface area contributed by atoms with Gasteiger partial charge in [-0.25, -0.2) is 9.97 Å². The summed E-state index contributed by atoms with van der Waals surface area (Å²) in [7, 11) is 3.99. The van der Waals surface area contributed by atoms with E-state index in [9.17, 15) is 0 Å². The Balaban J connectivity index is 2.01. The lowest BCUT2D eigenvalue weighted by Gasteiger charge is -2.21. The highest BCUT2D eigenvalue weighted by atomic mass is 15.1. The number of nitrogens with zero attached hydrogens (tertiary/aromatic N) is 4. The maximum absolute atomic E-state index is 6.23. The van der Waals surface area contributed by atoms with Crippen LogP contribution in [0.25, 0.3) is 11.4 Å². The SMILES string of the molecule is Cn1cncc1-c1nc(C2CCCCC2)n(C)c1N. The molecule has 5 heteroatoms. The average Bonchev–Trinajstić information content (AvgIpc) is 2.97. The van der Waals surface area contributed by atoms with Crippen LogP contribution in [0.5, 0.6) is 0 Å². The van der Waals surface area contributed by atoms with Gasteiger partial charge in [-0.2, -0.15) is 0 Å². The number of hydrogen-bond acceptors (Lipinski definition) is 3. The first kappa shape index (κ1) is 12.3. The van der Waals surface area contributed by atoms with Crippen molar-refractivity contribution in [2.75, 3.05) is 5.73 Å². The molecule has 0 aliphatic heterocycles. The van der Waals surface area contributed by atoms with E-state index in [1.165, 1.54) is 32.1 Å². The van der Waals surface area contributed by atoms with Crippen molar-refractivity contribution in [1.82, 2.24) is 19.1 Å². The molecule has 5 nitrogen and oxygen atoms in total. The van der Waals surface area contributed by atoms with Gasteiger partial charge < -0.3 is 14.9 Å². The Kier molecular flexibility index (Phi) is 3.05. The lowest BCUT2D eigenvalue weighted by Crippen LogP contribution is -2.11. The molecule has 102 valence electrons. The Hall–Kier alpha value is -1.78. The van der Waals surface area contributed by atoms with Crippen LogP contribution in [0.2, 0.25) is 0 Å². The maximum atomic E-state index is 6.23. The molecule has 19 heavy (non-hydrogen) atoms. The zero-order valence-electron chi connectivity index (χ0n) is 11.6. The molecule has 0 radical (unpaired) electrons. The van der Waals surface area contributed by atoms with Gasteiger partial charge in [0.15, 0.2) is 0 Å². The molecule has 2 aromatic rings. The Labute approximate surface area is 113 Å². The summed E-state index contributed by atoms with van der Waals surface area (Å²) >= 11 is 0. The van der Waals surface area contributed by atoms with Crippen LogP contribution in [0.3, 0.4) is 0 Å². The van der Waals surface area contributed by atoms with Crippen LogP contribution in [0, 0.1) is 0 Å². The van der Waals surface area contributed by atoms with Crippen molar-refractivity contribution < 1.29 is 0 Å². The fourth-order valence-electron chi connectivity index (χ4n) is 3.03. The largest absolute Gasteiger partial charge is 0.383 e. The first-order valence-corrected chi connectivity index (χ1v) is 6.97. The third-order valence-corrected chi connectivity index (χ3v) is 4.20. The van der Waals surface area contributed by atoms with Crippen molar-refractivity contribution in [2.45, 2.75) is 38.0 Å². The molecule has 1 saturated carbocycles. The molecule has 0 atom stereocenters. The third kappa shape index (κ3) is 2.03. The molecule has 0 aromatic carbocycles. The number of rotatable bonds is 2. The van der Waals surface area contributed by atoms with Gasteiger partial charge in [-0.05, 0) is 12.8 Å². The van der Waals surface area contributed by atoms with Gasteiger partial charge in [0, 0.05) is 20.0 Å². The molecule has 0 bridgehead atoms. The van der Waals surface area contributed by atoms with E-state index in [-0.39, 0.29) is 0 Å². The lowest BCUT2D eigenvalue weighted by molar-refractivity contribution is 0.422. The molecule has 0 saturated heterocycles. The van der Waals surface area contributed by atoms with Crippen LogP contribution in [0.4, 0.5) is 5.82 Å². The minimum absolute atomic E-state index is 0.558. The number of imidazole rings is 2. The van der Waals surface area contributed by atoms with Crippen molar-refractivity contribution in [3.63, 3.8) is 0 Å². The first-order chi connectivity index (χ1) is 9.18. The number of anilines is 1. The van der Waals surface area contributed by atoms with Gasteiger partial charge in [0.2, 0.25) is 0 Å². The standard InChI is InChI=1S/C14H21N5/c1-18-9-16-8-11(18)12-13(15)19(2)14(17-12)10-6-4-3-5-7-10/h8-10H,3-7,15H2,1-2H3. The summed E-state index contributed by atoms with van der Waals surface area (Å²) in [5.41, 5.74) is 8.08. The molecule has 1 fully saturated rings. The molecule has 0 amide bonds. The van der Waals surface area contributed by atoms with Gasteiger partial charge >= 0.3 is 0 Å². The highest BCUT2D eigenvalue weighted by Crippen LogP contribution is 2.35. The van der Waals surface area contributed by atoms with Gasteiger partial charge in [-0.15, -0.1) is 0 Å². The van der Waals surface area contributed by atoms with Crippen molar-refractivity contribution in [2.24, 2.45) is 14.1 Å². The monoisotopic (exact) mass is 259 g/mol. The predicted molar refractivity (Wildman–Crippen MR) is 75.6 cm³/mol.